The number of carbonyl (C=O) groups is 2. The monoisotopic (exact) mass is 616 g/mol. The lowest BCUT2D eigenvalue weighted by Gasteiger charge is -2.22. The summed E-state index contributed by atoms with van der Waals surface area (Å²) in [4.78, 5) is 39.7. The van der Waals surface area contributed by atoms with Gasteiger partial charge in [-0.15, -0.1) is 0 Å². The van der Waals surface area contributed by atoms with Gasteiger partial charge < -0.3 is 40.3 Å². The molecule has 5 atom stereocenters. The first-order chi connectivity index (χ1) is 19.9. The number of likely N-dealkylation sites (N-methyl/N-ethyl adjacent to an activating group) is 1. The van der Waals surface area contributed by atoms with Crippen molar-refractivity contribution in [1.29, 1.82) is 0 Å². The van der Waals surface area contributed by atoms with Crippen LogP contribution in [0.1, 0.15) is 59.4 Å². The standard InChI is InChI=1S/C25H42N8O3.C2HF3O2/c1-7-18(34)28-16-12-17(21(36)20(16)35)33-14-27-19-22(26-10-9-25(2,3)4)29-24(30-23(19)33)32-11-8-15(13-32)31(5)6;3-2(4,5)1(6)7/h14-17,20-21,35-36H,7-13H2,1-6H3,(H,28,34)(H,26,29,30);(H,6,7)/t15-,16+,17-,20-,21+;/m1./s1. The third kappa shape index (κ3) is 8.66. The van der Waals surface area contributed by atoms with Gasteiger partial charge >= 0.3 is 12.1 Å². The molecule has 0 spiro atoms. The summed E-state index contributed by atoms with van der Waals surface area (Å²) in [7, 11) is 4.18. The molecule has 2 aromatic rings. The number of amides is 1. The number of aliphatic carboxylic acids is 1. The first kappa shape index (κ1) is 34.3. The number of alkyl halides is 3. The maximum Gasteiger partial charge on any atom is 0.490 e. The predicted octanol–water partition coefficient (Wildman–Crippen LogP) is 2.01. The Morgan fingerprint density at radius 3 is 2.33 bits per heavy atom. The number of fused-ring (bicyclic) bond motifs is 1. The number of carboxylic acid groups (broad SMARTS) is 1. The molecule has 13 nitrogen and oxygen atoms in total. The highest BCUT2D eigenvalue weighted by molar-refractivity contribution is 5.84. The lowest BCUT2D eigenvalue weighted by atomic mass is 9.92. The van der Waals surface area contributed by atoms with E-state index in [0.29, 0.717) is 41.8 Å². The molecule has 4 rings (SSSR count). The Labute approximate surface area is 248 Å². The molecule has 0 radical (unpaired) electrons. The Bertz CT molecular complexity index is 1270. The predicted molar refractivity (Wildman–Crippen MR) is 154 cm³/mol. The normalized spacial score (nSPS) is 24.3. The van der Waals surface area contributed by atoms with Crippen molar-refractivity contribution in [3.63, 3.8) is 0 Å². The van der Waals surface area contributed by atoms with E-state index >= 15 is 0 Å². The Balaban J connectivity index is 0.000000646. The van der Waals surface area contributed by atoms with E-state index < -0.39 is 36.4 Å². The van der Waals surface area contributed by atoms with E-state index in [-0.39, 0.29) is 11.3 Å². The number of carboxylic acids is 1. The number of imidazole rings is 1. The van der Waals surface area contributed by atoms with Crippen LogP contribution in [0.4, 0.5) is 24.9 Å². The van der Waals surface area contributed by atoms with Crippen molar-refractivity contribution in [2.45, 2.75) is 89.9 Å². The largest absolute Gasteiger partial charge is 0.490 e. The molecule has 0 aromatic carbocycles. The number of anilines is 2. The van der Waals surface area contributed by atoms with E-state index in [1.807, 2.05) is 4.57 Å². The van der Waals surface area contributed by atoms with E-state index in [1.54, 1.807) is 13.3 Å². The molecule has 5 N–H and O–H groups in total. The lowest BCUT2D eigenvalue weighted by Crippen LogP contribution is -2.42. The Morgan fingerprint density at radius 2 is 1.79 bits per heavy atom. The topological polar surface area (TPSA) is 169 Å². The zero-order chi connectivity index (χ0) is 32.3. The van der Waals surface area contributed by atoms with Crippen molar-refractivity contribution in [2.75, 3.05) is 43.9 Å². The van der Waals surface area contributed by atoms with E-state index in [1.165, 1.54) is 0 Å². The van der Waals surface area contributed by atoms with Gasteiger partial charge in [-0.2, -0.15) is 23.1 Å². The average molecular weight is 617 g/mol. The molecule has 2 fully saturated rings. The third-order valence-electron chi connectivity index (χ3n) is 7.67. The van der Waals surface area contributed by atoms with E-state index in [9.17, 15) is 28.2 Å². The molecule has 2 aromatic heterocycles. The van der Waals surface area contributed by atoms with Crippen molar-refractivity contribution >= 4 is 34.8 Å². The maximum atomic E-state index is 11.9. The van der Waals surface area contributed by atoms with Crippen molar-refractivity contribution in [2.24, 2.45) is 5.41 Å². The number of carbonyl (C=O) groups excluding carboxylic acids is 1. The number of nitrogens with one attached hydrogen (secondary N) is 2. The number of aliphatic hydroxyl groups is 2. The molecular formula is C27H43F3N8O5. The van der Waals surface area contributed by atoms with Crippen LogP contribution in [0.5, 0.6) is 0 Å². The second-order valence-electron chi connectivity index (χ2n) is 12.4. The molecule has 16 heteroatoms. The zero-order valence-electron chi connectivity index (χ0n) is 25.4. The molecule has 0 unspecified atom stereocenters. The fraction of sp³-hybridized carbons (Fsp3) is 0.741. The summed E-state index contributed by atoms with van der Waals surface area (Å²) in [6.45, 7) is 10.8. The molecule has 1 aliphatic carbocycles. The van der Waals surface area contributed by atoms with Gasteiger partial charge in [0.2, 0.25) is 11.9 Å². The van der Waals surface area contributed by atoms with Crippen LogP contribution < -0.4 is 15.5 Å². The van der Waals surface area contributed by atoms with Crippen molar-refractivity contribution in [3.8, 4) is 0 Å². The number of nitrogens with zero attached hydrogens (tertiary/aromatic N) is 6. The number of aliphatic hydroxyl groups excluding tert-OH is 2. The number of hydrogen-bond donors (Lipinski definition) is 5. The third-order valence-corrected chi connectivity index (χ3v) is 7.67. The lowest BCUT2D eigenvalue weighted by molar-refractivity contribution is -0.192. The molecule has 43 heavy (non-hydrogen) atoms. The van der Waals surface area contributed by atoms with Crippen molar-refractivity contribution in [1.82, 2.24) is 29.7 Å². The van der Waals surface area contributed by atoms with Gasteiger partial charge in [-0.1, -0.05) is 27.7 Å². The summed E-state index contributed by atoms with van der Waals surface area (Å²) in [6.07, 6.45) is -2.83. The van der Waals surface area contributed by atoms with Gasteiger partial charge in [0.05, 0.1) is 18.4 Å². The van der Waals surface area contributed by atoms with Crippen molar-refractivity contribution in [3.05, 3.63) is 6.33 Å². The van der Waals surface area contributed by atoms with Crippen LogP contribution in [-0.2, 0) is 9.59 Å². The quantitative estimate of drug-likeness (QED) is 0.294. The molecule has 3 heterocycles. The minimum Gasteiger partial charge on any atom is -0.475 e. The van der Waals surface area contributed by atoms with Crippen LogP contribution in [0.25, 0.3) is 11.2 Å². The molecule has 0 bridgehead atoms. The Morgan fingerprint density at radius 1 is 1.14 bits per heavy atom. The molecule has 2 aliphatic rings. The fourth-order valence-electron chi connectivity index (χ4n) is 5.05. The molecular weight excluding hydrogens is 573 g/mol. The highest BCUT2D eigenvalue weighted by Crippen LogP contribution is 2.35. The van der Waals surface area contributed by atoms with Crippen LogP contribution >= 0.6 is 0 Å². The number of rotatable bonds is 8. The number of halogens is 3. The van der Waals surface area contributed by atoms with Gasteiger partial charge in [0.1, 0.15) is 12.2 Å². The zero-order valence-corrected chi connectivity index (χ0v) is 25.4. The van der Waals surface area contributed by atoms with Gasteiger partial charge in [-0.25, -0.2) is 9.78 Å². The summed E-state index contributed by atoms with van der Waals surface area (Å²) in [5.41, 5.74) is 1.43. The van der Waals surface area contributed by atoms with Crippen molar-refractivity contribution < 1.29 is 38.1 Å². The van der Waals surface area contributed by atoms with E-state index in [4.69, 9.17) is 19.9 Å². The first-order valence-electron chi connectivity index (χ1n) is 14.3. The minimum absolute atomic E-state index is 0.151. The van der Waals surface area contributed by atoms with Gasteiger partial charge in [0.15, 0.2) is 17.0 Å². The molecule has 242 valence electrons. The Kier molecular flexibility index (Phi) is 10.8. The number of aromatic nitrogens is 4. The first-order valence-corrected chi connectivity index (χ1v) is 14.3. The Hall–Kier alpha value is -3.24. The SMILES string of the molecule is CCC(=O)N[C@H]1C[C@@H](n2cnc3c(NCCC(C)(C)C)nc(N4CC[C@@H](N(C)C)C4)nc32)[C@H](O)[C@@H]1O.O=C(O)C(F)(F)F. The second-order valence-corrected chi connectivity index (χ2v) is 12.4. The van der Waals surface area contributed by atoms with Gasteiger partial charge in [0, 0.05) is 32.1 Å². The molecule has 1 saturated heterocycles. The smallest absolute Gasteiger partial charge is 0.475 e. The molecule has 1 amide bonds. The van der Waals surface area contributed by atoms with E-state index in [2.05, 4.69) is 60.3 Å². The van der Waals surface area contributed by atoms with Crippen LogP contribution in [-0.4, -0.2) is 116 Å². The van der Waals surface area contributed by atoms with Gasteiger partial charge in [0.25, 0.3) is 0 Å². The summed E-state index contributed by atoms with van der Waals surface area (Å²) in [5, 5.41) is 35.0. The summed E-state index contributed by atoms with van der Waals surface area (Å²) in [5.74, 6) is -1.60. The summed E-state index contributed by atoms with van der Waals surface area (Å²) in [6, 6.07) is -0.563. The van der Waals surface area contributed by atoms with Crippen LogP contribution in [0.15, 0.2) is 6.33 Å². The average Bonchev–Trinajstić information content (AvgIpc) is 3.62. The van der Waals surface area contributed by atoms with Gasteiger partial charge in [-0.05, 0) is 38.8 Å². The van der Waals surface area contributed by atoms with Gasteiger partial charge in [-0.3, -0.25) is 4.79 Å². The second kappa shape index (κ2) is 13.6. The number of hydrogen-bond acceptors (Lipinski definition) is 10. The molecule has 1 aliphatic heterocycles. The maximum absolute atomic E-state index is 11.9. The van der Waals surface area contributed by atoms with E-state index in [0.717, 1.165) is 32.5 Å². The molecule has 1 saturated carbocycles. The van der Waals surface area contributed by atoms with Crippen LogP contribution in [0.3, 0.4) is 0 Å². The van der Waals surface area contributed by atoms with Crippen LogP contribution in [0, 0.1) is 5.41 Å². The highest BCUT2D eigenvalue weighted by atomic mass is 19.4. The summed E-state index contributed by atoms with van der Waals surface area (Å²) >= 11 is 0. The summed E-state index contributed by atoms with van der Waals surface area (Å²) < 4.78 is 33.6. The minimum atomic E-state index is -5.08. The van der Waals surface area contributed by atoms with Crippen LogP contribution in [0.2, 0.25) is 0 Å². The highest BCUT2D eigenvalue weighted by Gasteiger charge is 2.44. The fourth-order valence-corrected chi connectivity index (χ4v) is 5.05.